The van der Waals surface area contributed by atoms with Crippen molar-refractivity contribution in [1.82, 2.24) is 5.32 Å². The zero-order valence-corrected chi connectivity index (χ0v) is 11.8. The number of carbonyl (C=O) groups is 1. The molecule has 0 fully saturated rings. The van der Waals surface area contributed by atoms with E-state index in [0.29, 0.717) is 12.2 Å². The number of aliphatic hydroxyl groups is 1. The Hall–Kier alpha value is -2.53. The van der Waals surface area contributed by atoms with Crippen molar-refractivity contribution in [3.8, 4) is 5.75 Å². The van der Waals surface area contributed by atoms with Crippen LogP contribution in [0.3, 0.4) is 0 Å². The Bertz CT molecular complexity index is 579. The molecule has 5 heteroatoms. The third-order valence-corrected chi connectivity index (χ3v) is 3.01. The van der Waals surface area contributed by atoms with Crippen molar-refractivity contribution in [1.29, 1.82) is 0 Å². The van der Waals surface area contributed by atoms with E-state index in [-0.39, 0.29) is 12.6 Å². The van der Waals surface area contributed by atoms with Gasteiger partial charge in [-0.1, -0.05) is 24.3 Å². The van der Waals surface area contributed by atoms with E-state index < -0.39 is 0 Å². The molecule has 2 aromatic rings. The molecule has 2 rings (SSSR count). The largest absolute Gasteiger partial charge is 0.497 e. The van der Waals surface area contributed by atoms with Crippen LogP contribution in [0.2, 0.25) is 0 Å². The van der Waals surface area contributed by atoms with Gasteiger partial charge in [-0.3, -0.25) is 0 Å². The number of urea groups is 1. The molecule has 3 N–H and O–H groups in total. The number of carbonyl (C=O) groups excluding carboxylic acids is 1. The van der Waals surface area contributed by atoms with Gasteiger partial charge in [-0.15, -0.1) is 0 Å². The van der Waals surface area contributed by atoms with E-state index in [1.807, 2.05) is 24.3 Å². The monoisotopic (exact) mass is 286 g/mol. The molecule has 0 atom stereocenters. The molecule has 0 radical (unpaired) electrons. The first-order valence-corrected chi connectivity index (χ1v) is 6.59. The summed E-state index contributed by atoms with van der Waals surface area (Å²) in [6.45, 7) is 0.444. The fourth-order valence-corrected chi connectivity index (χ4v) is 1.79. The van der Waals surface area contributed by atoms with Crippen LogP contribution in [-0.2, 0) is 13.2 Å². The average Bonchev–Trinajstić information content (AvgIpc) is 2.54. The molecule has 0 saturated carbocycles. The second kappa shape index (κ2) is 7.31. The molecule has 110 valence electrons. The number of nitrogens with one attached hydrogen (secondary N) is 2. The van der Waals surface area contributed by atoms with E-state index in [1.165, 1.54) is 0 Å². The van der Waals surface area contributed by atoms with Crippen LogP contribution in [0.15, 0.2) is 48.5 Å². The van der Waals surface area contributed by atoms with Crippen molar-refractivity contribution < 1.29 is 14.6 Å². The predicted molar refractivity (Wildman–Crippen MR) is 81.2 cm³/mol. The van der Waals surface area contributed by atoms with Gasteiger partial charge in [-0.05, 0) is 35.4 Å². The summed E-state index contributed by atoms with van der Waals surface area (Å²) < 4.78 is 5.05. The minimum absolute atomic E-state index is 0.0195. The van der Waals surface area contributed by atoms with E-state index in [2.05, 4.69) is 10.6 Å². The van der Waals surface area contributed by atoms with Crippen LogP contribution in [0.5, 0.6) is 5.75 Å². The number of methoxy groups -OCH3 is 1. The molecule has 0 aliphatic heterocycles. The molecule has 0 aliphatic rings. The zero-order valence-electron chi connectivity index (χ0n) is 11.8. The normalized spacial score (nSPS) is 10.0. The number of benzene rings is 2. The van der Waals surface area contributed by atoms with Gasteiger partial charge in [-0.25, -0.2) is 4.79 Å². The predicted octanol–water partition coefficient (Wildman–Crippen LogP) is 2.51. The van der Waals surface area contributed by atoms with Crippen molar-refractivity contribution in [3.05, 3.63) is 59.7 Å². The van der Waals surface area contributed by atoms with Crippen LogP contribution in [-0.4, -0.2) is 18.2 Å². The number of hydrogen-bond acceptors (Lipinski definition) is 3. The van der Waals surface area contributed by atoms with Crippen molar-refractivity contribution in [2.45, 2.75) is 13.2 Å². The Morgan fingerprint density at radius 2 is 1.67 bits per heavy atom. The van der Waals surface area contributed by atoms with Gasteiger partial charge < -0.3 is 20.5 Å². The number of rotatable bonds is 5. The molecule has 21 heavy (non-hydrogen) atoms. The summed E-state index contributed by atoms with van der Waals surface area (Å²) >= 11 is 0. The topological polar surface area (TPSA) is 70.6 Å². The highest BCUT2D eigenvalue weighted by molar-refractivity contribution is 5.89. The molecule has 0 unspecified atom stereocenters. The number of anilines is 1. The summed E-state index contributed by atoms with van der Waals surface area (Å²) in [6, 6.07) is 14.2. The number of amides is 2. The third kappa shape index (κ3) is 4.50. The molecule has 2 aromatic carbocycles. The van der Waals surface area contributed by atoms with Gasteiger partial charge in [0.2, 0.25) is 0 Å². The molecule has 2 amide bonds. The Kier molecular flexibility index (Phi) is 5.17. The summed E-state index contributed by atoms with van der Waals surface area (Å²) in [4.78, 5) is 11.8. The number of hydrogen-bond donors (Lipinski definition) is 3. The van der Waals surface area contributed by atoms with Gasteiger partial charge in [0.1, 0.15) is 5.75 Å². The van der Waals surface area contributed by atoms with Crippen LogP contribution in [0, 0.1) is 0 Å². The van der Waals surface area contributed by atoms with E-state index in [0.717, 1.165) is 16.9 Å². The third-order valence-electron chi connectivity index (χ3n) is 3.01. The maximum atomic E-state index is 11.8. The highest BCUT2D eigenvalue weighted by atomic mass is 16.5. The van der Waals surface area contributed by atoms with E-state index in [1.54, 1.807) is 31.4 Å². The average molecular weight is 286 g/mol. The highest BCUT2D eigenvalue weighted by Crippen LogP contribution is 2.14. The first-order valence-electron chi connectivity index (χ1n) is 6.59. The Labute approximate surface area is 123 Å². The molecule has 0 heterocycles. The molecular formula is C16H18N2O3. The summed E-state index contributed by atoms with van der Waals surface area (Å²) in [6.07, 6.45) is 0. The first-order chi connectivity index (χ1) is 10.2. The minimum atomic E-state index is -0.272. The van der Waals surface area contributed by atoms with Crippen molar-refractivity contribution in [3.63, 3.8) is 0 Å². The van der Waals surface area contributed by atoms with Gasteiger partial charge in [0.05, 0.1) is 13.7 Å². The standard InChI is InChI=1S/C16H18N2O3/c1-21-15-8-6-14(7-9-15)18-16(20)17-10-12-2-4-13(11-19)5-3-12/h2-9,19H,10-11H2,1H3,(H2,17,18,20). The van der Waals surface area contributed by atoms with Crippen LogP contribution in [0.4, 0.5) is 10.5 Å². The Morgan fingerprint density at radius 3 is 2.24 bits per heavy atom. The lowest BCUT2D eigenvalue weighted by Gasteiger charge is -2.08. The molecular weight excluding hydrogens is 268 g/mol. The van der Waals surface area contributed by atoms with E-state index in [9.17, 15) is 4.79 Å². The van der Waals surface area contributed by atoms with Crippen molar-refractivity contribution >= 4 is 11.7 Å². The maximum Gasteiger partial charge on any atom is 0.319 e. The van der Waals surface area contributed by atoms with Gasteiger partial charge >= 0.3 is 6.03 Å². The minimum Gasteiger partial charge on any atom is -0.497 e. The summed E-state index contributed by atoms with van der Waals surface area (Å²) in [7, 11) is 1.59. The molecule has 5 nitrogen and oxygen atoms in total. The van der Waals surface area contributed by atoms with Gasteiger partial charge in [0.25, 0.3) is 0 Å². The van der Waals surface area contributed by atoms with Gasteiger partial charge in [0.15, 0.2) is 0 Å². The van der Waals surface area contributed by atoms with Crippen LogP contribution in [0.1, 0.15) is 11.1 Å². The van der Waals surface area contributed by atoms with E-state index >= 15 is 0 Å². The quantitative estimate of drug-likeness (QED) is 0.791. The van der Waals surface area contributed by atoms with Crippen LogP contribution < -0.4 is 15.4 Å². The fraction of sp³-hybridized carbons (Fsp3) is 0.188. The summed E-state index contributed by atoms with van der Waals surface area (Å²) in [5.74, 6) is 0.741. The molecule has 0 aromatic heterocycles. The maximum absolute atomic E-state index is 11.8. The Balaban J connectivity index is 1.83. The molecule has 0 spiro atoms. The lowest BCUT2D eigenvalue weighted by molar-refractivity contribution is 0.251. The summed E-state index contributed by atoms with van der Waals surface area (Å²) in [5, 5.41) is 14.5. The SMILES string of the molecule is COc1ccc(NC(=O)NCc2ccc(CO)cc2)cc1. The van der Waals surface area contributed by atoms with Gasteiger partial charge in [-0.2, -0.15) is 0 Å². The first kappa shape index (κ1) is 14.9. The lowest BCUT2D eigenvalue weighted by atomic mass is 10.1. The Morgan fingerprint density at radius 1 is 1.05 bits per heavy atom. The second-order valence-electron chi connectivity index (χ2n) is 4.51. The molecule has 0 saturated heterocycles. The van der Waals surface area contributed by atoms with Crippen LogP contribution in [0.25, 0.3) is 0 Å². The lowest BCUT2D eigenvalue weighted by Crippen LogP contribution is -2.28. The molecule has 0 aliphatic carbocycles. The van der Waals surface area contributed by atoms with Crippen molar-refractivity contribution in [2.24, 2.45) is 0 Å². The smallest absolute Gasteiger partial charge is 0.319 e. The highest BCUT2D eigenvalue weighted by Gasteiger charge is 2.02. The fourth-order valence-electron chi connectivity index (χ4n) is 1.79. The van der Waals surface area contributed by atoms with Gasteiger partial charge in [0, 0.05) is 12.2 Å². The summed E-state index contributed by atoms with van der Waals surface area (Å²) in [5.41, 5.74) is 2.52. The second-order valence-corrected chi connectivity index (χ2v) is 4.51. The molecule has 0 bridgehead atoms. The van der Waals surface area contributed by atoms with Crippen LogP contribution >= 0.6 is 0 Å². The van der Waals surface area contributed by atoms with Crippen molar-refractivity contribution in [2.75, 3.05) is 12.4 Å². The number of ether oxygens (including phenoxy) is 1. The van der Waals surface area contributed by atoms with E-state index in [4.69, 9.17) is 9.84 Å². The zero-order chi connectivity index (χ0) is 15.1. The number of aliphatic hydroxyl groups excluding tert-OH is 1.